The summed E-state index contributed by atoms with van der Waals surface area (Å²) in [5, 5.41) is 7.67. The van der Waals surface area contributed by atoms with Crippen LogP contribution in [0.3, 0.4) is 0 Å². The smallest absolute Gasteiger partial charge is 0.222 e. The first-order valence-corrected chi connectivity index (χ1v) is 10.3. The van der Waals surface area contributed by atoms with Crippen molar-refractivity contribution in [3.63, 3.8) is 0 Å². The average Bonchev–Trinajstić information content (AvgIpc) is 3.20. The van der Waals surface area contributed by atoms with Crippen molar-refractivity contribution in [1.82, 2.24) is 15.1 Å². The Morgan fingerprint density at radius 2 is 1.96 bits per heavy atom. The Labute approximate surface area is 168 Å². The molecule has 1 aliphatic carbocycles. The van der Waals surface area contributed by atoms with Gasteiger partial charge in [0.2, 0.25) is 5.91 Å². The molecule has 5 heteroatoms. The predicted molar refractivity (Wildman–Crippen MR) is 112 cm³/mol. The second-order valence-electron chi connectivity index (χ2n) is 8.22. The number of methoxy groups -OCH3 is 1. The van der Waals surface area contributed by atoms with E-state index in [-0.39, 0.29) is 11.9 Å². The highest BCUT2D eigenvalue weighted by Gasteiger charge is 2.23. The minimum Gasteiger partial charge on any atom is -0.496 e. The van der Waals surface area contributed by atoms with Crippen molar-refractivity contribution in [3.8, 4) is 5.75 Å². The number of nitrogens with zero attached hydrogens (tertiary/aromatic N) is 2. The molecule has 1 aromatic heterocycles. The molecular weight excluding hydrogens is 350 g/mol. The summed E-state index contributed by atoms with van der Waals surface area (Å²) in [5.41, 5.74) is 8.97. The zero-order chi connectivity index (χ0) is 20.4. The van der Waals surface area contributed by atoms with E-state index in [4.69, 9.17) is 9.84 Å². The number of fused-ring (bicyclic) bond motifs is 1. The summed E-state index contributed by atoms with van der Waals surface area (Å²) < 4.78 is 7.66. The number of carbonyl (C=O) groups is 1. The largest absolute Gasteiger partial charge is 0.496 e. The third kappa shape index (κ3) is 4.08. The topological polar surface area (TPSA) is 56.2 Å². The summed E-state index contributed by atoms with van der Waals surface area (Å²) in [6.45, 7) is 10.9. The molecule has 28 heavy (non-hydrogen) atoms. The van der Waals surface area contributed by atoms with Gasteiger partial charge < -0.3 is 10.1 Å². The number of carbonyl (C=O) groups excluding carboxylic acids is 1. The zero-order valence-corrected chi connectivity index (χ0v) is 18.1. The van der Waals surface area contributed by atoms with Crippen molar-refractivity contribution in [2.45, 2.75) is 79.3 Å². The van der Waals surface area contributed by atoms with Crippen LogP contribution in [0.15, 0.2) is 6.07 Å². The van der Waals surface area contributed by atoms with Crippen LogP contribution in [-0.2, 0) is 30.6 Å². The lowest BCUT2D eigenvalue weighted by Gasteiger charge is -2.16. The average molecular weight is 384 g/mol. The van der Waals surface area contributed by atoms with Gasteiger partial charge in [-0.05, 0) is 76.1 Å². The molecule has 3 rings (SSSR count). The second-order valence-corrected chi connectivity index (χ2v) is 8.22. The van der Waals surface area contributed by atoms with E-state index >= 15 is 0 Å². The Kier molecular flexibility index (Phi) is 6.11. The Balaban J connectivity index is 1.83. The zero-order valence-electron chi connectivity index (χ0n) is 18.1. The lowest BCUT2D eigenvalue weighted by molar-refractivity contribution is -0.121. The lowest BCUT2D eigenvalue weighted by Crippen LogP contribution is -2.30. The van der Waals surface area contributed by atoms with Gasteiger partial charge in [-0.15, -0.1) is 0 Å². The number of aromatic nitrogens is 2. The molecule has 1 amide bonds. The molecule has 1 heterocycles. The van der Waals surface area contributed by atoms with Gasteiger partial charge in [-0.25, -0.2) is 0 Å². The molecule has 0 saturated heterocycles. The Morgan fingerprint density at radius 3 is 2.64 bits per heavy atom. The molecule has 0 atom stereocenters. The van der Waals surface area contributed by atoms with Crippen molar-refractivity contribution in [1.29, 1.82) is 0 Å². The van der Waals surface area contributed by atoms with Crippen LogP contribution in [0.1, 0.15) is 65.9 Å². The molecule has 1 aliphatic rings. The lowest BCUT2D eigenvalue weighted by atomic mass is 9.93. The number of hydrogen-bond acceptors (Lipinski definition) is 3. The molecule has 0 bridgehead atoms. The van der Waals surface area contributed by atoms with Gasteiger partial charge in [0.1, 0.15) is 5.75 Å². The number of hydrogen-bond donors (Lipinski definition) is 1. The van der Waals surface area contributed by atoms with Crippen molar-refractivity contribution in [2.24, 2.45) is 0 Å². The maximum absolute atomic E-state index is 12.0. The molecule has 0 saturated carbocycles. The first-order chi connectivity index (χ1) is 13.3. The van der Waals surface area contributed by atoms with E-state index in [1.54, 1.807) is 7.11 Å². The second kappa shape index (κ2) is 8.38. The number of aryl methyl sites for hydroxylation is 3. The van der Waals surface area contributed by atoms with Crippen LogP contribution in [0.5, 0.6) is 5.75 Å². The van der Waals surface area contributed by atoms with Gasteiger partial charge in [-0.3, -0.25) is 9.48 Å². The van der Waals surface area contributed by atoms with Gasteiger partial charge in [-0.2, -0.15) is 5.10 Å². The van der Waals surface area contributed by atoms with Crippen LogP contribution < -0.4 is 10.1 Å². The van der Waals surface area contributed by atoms with E-state index < -0.39 is 0 Å². The molecule has 0 fully saturated rings. The van der Waals surface area contributed by atoms with E-state index in [0.717, 1.165) is 36.4 Å². The molecule has 152 valence electrons. The SMILES string of the molecule is COc1c(C)cc(Cc2c(C)nn(CCC(=O)NC(C)C)c2C)c2c1CCC2. The molecule has 2 aromatic rings. The number of nitrogens with one attached hydrogen (secondary N) is 1. The maximum atomic E-state index is 12.0. The molecule has 0 unspecified atom stereocenters. The van der Waals surface area contributed by atoms with E-state index in [1.807, 2.05) is 18.5 Å². The van der Waals surface area contributed by atoms with Crippen molar-refractivity contribution < 1.29 is 9.53 Å². The van der Waals surface area contributed by atoms with Crippen molar-refractivity contribution in [3.05, 3.63) is 45.3 Å². The molecule has 1 aromatic carbocycles. The molecule has 0 radical (unpaired) electrons. The fourth-order valence-electron chi connectivity index (χ4n) is 4.44. The number of rotatable bonds is 7. The Hall–Kier alpha value is -2.30. The third-order valence-corrected chi connectivity index (χ3v) is 5.73. The van der Waals surface area contributed by atoms with E-state index in [9.17, 15) is 4.79 Å². The third-order valence-electron chi connectivity index (χ3n) is 5.73. The summed E-state index contributed by atoms with van der Waals surface area (Å²) >= 11 is 0. The summed E-state index contributed by atoms with van der Waals surface area (Å²) in [7, 11) is 1.77. The van der Waals surface area contributed by atoms with Crippen molar-refractivity contribution in [2.75, 3.05) is 7.11 Å². The fraction of sp³-hybridized carbons (Fsp3) is 0.565. The Morgan fingerprint density at radius 1 is 1.25 bits per heavy atom. The number of amides is 1. The highest BCUT2D eigenvalue weighted by molar-refractivity contribution is 5.76. The van der Waals surface area contributed by atoms with Crippen LogP contribution in [0.4, 0.5) is 0 Å². The summed E-state index contributed by atoms with van der Waals surface area (Å²) in [6, 6.07) is 2.46. The quantitative estimate of drug-likeness (QED) is 0.791. The fourth-order valence-corrected chi connectivity index (χ4v) is 4.44. The van der Waals surface area contributed by atoms with Gasteiger partial charge in [0, 0.05) is 36.7 Å². The van der Waals surface area contributed by atoms with Gasteiger partial charge >= 0.3 is 0 Å². The molecule has 0 spiro atoms. The minimum absolute atomic E-state index is 0.0766. The standard InChI is InChI=1S/C23H33N3O2/c1-14(2)24-22(27)10-11-26-17(5)21(16(4)25-26)13-18-12-15(3)23(28-6)20-9-7-8-19(18)20/h12,14H,7-11,13H2,1-6H3,(H,24,27). The summed E-state index contributed by atoms with van der Waals surface area (Å²) in [5.74, 6) is 1.14. The normalized spacial score (nSPS) is 13.1. The monoisotopic (exact) mass is 383 g/mol. The van der Waals surface area contributed by atoms with Gasteiger partial charge in [0.25, 0.3) is 0 Å². The van der Waals surface area contributed by atoms with Crippen LogP contribution in [0.25, 0.3) is 0 Å². The van der Waals surface area contributed by atoms with Crippen LogP contribution >= 0.6 is 0 Å². The molecule has 0 aliphatic heterocycles. The molecular formula is C23H33N3O2. The highest BCUT2D eigenvalue weighted by atomic mass is 16.5. The van der Waals surface area contributed by atoms with Gasteiger partial charge in [-0.1, -0.05) is 6.07 Å². The Bertz CT molecular complexity index is 881. The predicted octanol–water partition coefficient (Wildman–Crippen LogP) is 3.81. The summed E-state index contributed by atoms with van der Waals surface area (Å²) in [4.78, 5) is 12.0. The van der Waals surface area contributed by atoms with Gasteiger partial charge in [0.05, 0.1) is 12.8 Å². The minimum atomic E-state index is 0.0766. The van der Waals surface area contributed by atoms with E-state index in [0.29, 0.717) is 13.0 Å². The first kappa shape index (κ1) is 20.4. The van der Waals surface area contributed by atoms with Gasteiger partial charge in [0.15, 0.2) is 0 Å². The van der Waals surface area contributed by atoms with Crippen LogP contribution in [-0.4, -0.2) is 28.8 Å². The highest BCUT2D eigenvalue weighted by Crippen LogP contribution is 2.37. The van der Waals surface area contributed by atoms with Crippen molar-refractivity contribution >= 4 is 5.91 Å². The number of ether oxygens (including phenoxy) is 1. The van der Waals surface area contributed by atoms with Crippen LogP contribution in [0, 0.1) is 20.8 Å². The van der Waals surface area contributed by atoms with Crippen LogP contribution in [0.2, 0.25) is 0 Å². The molecule has 1 N–H and O–H groups in total. The molecule has 5 nitrogen and oxygen atoms in total. The first-order valence-electron chi connectivity index (χ1n) is 10.3. The maximum Gasteiger partial charge on any atom is 0.222 e. The van der Waals surface area contributed by atoms with E-state index in [2.05, 4.69) is 32.2 Å². The number of benzene rings is 1. The summed E-state index contributed by atoms with van der Waals surface area (Å²) in [6.07, 6.45) is 4.78. The van der Waals surface area contributed by atoms with E-state index in [1.165, 1.54) is 34.2 Å².